The van der Waals surface area contributed by atoms with Gasteiger partial charge >= 0.3 is 5.63 Å². The minimum Gasteiger partial charge on any atom is -0.422 e. The van der Waals surface area contributed by atoms with E-state index in [1.807, 2.05) is 91.2 Å². The van der Waals surface area contributed by atoms with Crippen LogP contribution >= 0.6 is 15.9 Å². The smallest absolute Gasteiger partial charge is 0.345 e. The number of fused-ring (bicyclic) bond motifs is 1. The normalized spacial score (nSPS) is 14.8. The first-order valence-corrected chi connectivity index (χ1v) is 12.8. The van der Waals surface area contributed by atoms with Crippen molar-refractivity contribution in [3.63, 3.8) is 0 Å². The first kappa shape index (κ1) is 24.9. The maximum atomic E-state index is 13.1. The summed E-state index contributed by atoms with van der Waals surface area (Å²) in [6.45, 7) is 2.67. The maximum absolute atomic E-state index is 13.1. The summed E-state index contributed by atoms with van der Waals surface area (Å²) in [6.07, 6.45) is 5.51. The molecular weight excluding hydrogens is 530 g/mol. The quantitative estimate of drug-likeness (QED) is 0.207. The van der Waals surface area contributed by atoms with Gasteiger partial charge in [-0.15, -0.1) is 0 Å². The van der Waals surface area contributed by atoms with E-state index in [4.69, 9.17) is 9.15 Å². The van der Waals surface area contributed by atoms with Gasteiger partial charge in [-0.25, -0.2) is 4.79 Å². The van der Waals surface area contributed by atoms with Gasteiger partial charge in [0.25, 0.3) is 0 Å². The van der Waals surface area contributed by atoms with Crippen molar-refractivity contribution in [1.29, 1.82) is 0 Å². The van der Waals surface area contributed by atoms with Gasteiger partial charge in [-0.2, -0.15) is 0 Å². The van der Waals surface area contributed by atoms with E-state index in [0.29, 0.717) is 37.4 Å². The second-order valence-corrected chi connectivity index (χ2v) is 9.46. The van der Waals surface area contributed by atoms with Crippen LogP contribution < -0.4 is 10.5 Å². The molecule has 1 aromatic heterocycles. The summed E-state index contributed by atoms with van der Waals surface area (Å²) in [4.78, 5) is 24.3. The summed E-state index contributed by atoms with van der Waals surface area (Å²) < 4.78 is 12.2. The Hall–Kier alpha value is -3.81. The average molecular weight is 556 g/mol. The summed E-state index contributed by atoms with van der Waals surface area (Å²) in [5.74, 6) is 0. The lowest BCUT2D eigenvalue weighted by Crippen LogP contribution is -2.37. The summed E-state index contributed by atoms with van der Waals surface area (Å²) in [7, 11) is 1.74. The molecule has 7 heteroatoms. The zero-order valence-corrected chi connectivity index (χ0v) is 22.0. The Morgan fingerprint density at radius 1 is 0.973 bits per heavy atom. The highest BCUT2D eigenvalue weighted by Crippen LogP contribution is 2.30. The number of aliphatic imine (C=N–C) groups is 2. The lowest BCUT2D eigenvalue weighted by Gasteiger charge is -2.30. The van der Waals surface area contributed by atoms with Crippen LogP contribution in [0.1, 0.15) is 16.7 Å². The van der Waals surface area contributed by atoms with Gasteiger partial charge in [0.2, 0.25) is 0 Å². The van der Waals surface area contributed by atoms with E-state index >= 15 is 0 Å². The third kappa shape index (κ3) is 5.79. The summed E-state index contributed by atoms with van der Waals surface area (Å²) in [5, 5.41) is 0.909. The minimum absolute atomic E-state index is 0.371. The van der Waals surface area contributed by atoms with Crippen molar-refractivity contribution in [3.8, 4) is 0 Å². The number of para-hydroxylation sites is 1. The molecule has 0 saturated carbocycles. The summed E-state index contributed by atoms with van der Waals surface area (Å²) >= 11 is 3.44. The minimum atomic E-state index is -0.371. The Morgan fingerprint density at radius 2 is 1.70 bits per heavy atom. The van der Waals surface area contributed by atoms with E-state index < -0.39 is 0 Å². The molecule has 0 atom stereocenters. The second kappa shape index (κ2) is 11.5. The Balaban J connectivity index is 1.43. The fraction of sp³-hybridized carbons (Fsp3) is 0.167. The molecule has 1 fully saturated rings. The van der Waals surface area contributed by atoms with Crippen LogP contribution in [0.2, 0.25) is 0 Å². The van der Waals surface area contributed by atoms with E-state index in [-0.39, 0.29) is 5.63 Å². The van der Waals surface area contributed by atoms with Crippen LogP contribution in [0.3, 0.4) is 0 Å². The molecular formula is C30H26BrN3O3. The van der Waals surface area contributed by atoms with E-state index in [0.717, 1.165) is 38.1 Å². The van der Waals surface area contributed by atoms with Crippen molar-refractivity contribution in [2.75, 3.05) is 38.3 Å². The van der Waals surface area contributed by atoms with Crippen LogP contribution in [-0.2, 0) is 4.74 Å². The number of anilines is 1. The monoisotopic (exact) mass is 555 g/mol. The Bertz CT molecular complexity index is 1530. The van der Waals surface area contributed by atoms with Crippen molar-refractivity contribution < 1.29 is 9.15 Å². The van der Waals surface area contributed by atoms with Crippen LogP contribution in [0.15, 0.2) is 103 Å². The molecule has 1 aliphatic rings. The molecule has 0 radical (unpaired) electrons. The third-order valence-electron chi connectivity index (χ3n) is 6.19. The maximum Gasteiger partial charge on any atom is 0.345 e. The molecule has 0 spiro atoms. The number of hydrogen-bond acceptors (Lipinski definition) is 6. The molecule has 0 aliphatic carbocycles. The van der Waals surface area contributed by atoms with Gasteiger partial charge in [0.15, 0.2) is 0 Å². The van der Waals surface area contributed by atoms with E-state index in [1.54, 1.807) is 7.05 Å². The highest BCUT2D eigenvalue weighted by molar-refractivity contribution is 9.10. The molecule has 2 heterocycles. The Morgan fingerprint density at radius 3 is 2.43 bits per heavy atom. The molecule has 3 aromatic carbocycles. The van der Waals surface area contributed by atoms with Crippen molar-refractivity contribution >= 4 is 56.3 Å². The Labute approximate surface area is 223 Å². The highest BCUT2D eigenvalue weighted by atomic mass is 79.9. The molecule has 37 heavy (non-hydrogen) atoms. The van der Waals surface area contributed by atoms with Gasteiger partial charge < -0.3 is 14.1 Å². The third-order valence-corrected chi connectivity index (χ3v) is 6.72. The molecule has 1 saturated heterocycles. The second-order valence-electron chi connectivity index (χ2n) is 8.55. The van der Waals surface area contributed by atoms with Crippen LogP contribution in [0.5, 0.6) is 0 Å². The van der Waals surface area contributed by atoms with Crippen LogP contribution in [0.25, 0.3) is 17.0 Å². The van der Waals surface area contributed by atoms with Gasteiger partial charge in [-0.1, -0.05) is 52.3 Å². The van der Waals surface area contributed by atoms with Gasteiger partial charge in [-0.05, 0) is 59.7 Å². The average Bonchev–Trinajstić information content (AvgIpc) is 2.94. The number of morpholine rings is 1. The highest BCUT2D eigenvalue weighted by Gasteiger charge is 2.20. The molecule has 1 aliphatic heterocycles. The lowest BCUT2D eigenvalue weighted by molar-refractivity contribution is 0.123. The van der Waals surface area contributed by atoms with Crippen LogP contribution in [-0.4, -0.2) is 45.3 Å². The van der Waals surface area contributed by atoms with E-state index in [9.17, 15) is 4.79 Å². The molecule has 5 rings (SSSR count). The first-order valence-electron chi connectivity index (χ1n) is 12.1. The molecule has 0 bridgehead atoms. The van der Waals surface area contributed by atoms with E-state index in [2.05, 4.69) is 30.8 Å². The van der Waals surface area contributed by atoms with Crippen molar-refractivity contribution in [2.45, 2.75) is 0 Å². The summed E-state index contributed by atoms with van der Waals surface area (Å²) in [5.41, 5.74) is 5.15. The number of nitrogens with zero attached hydrogens (tertiary/aromatic N) is 3. The van der Waals surface area contributed by atoms with Crippen LogP contribution in [0.4, 0.5) is 11.4 Å². The SMILES string of the molecule is CN=C(/C=C/c1c(N2CCOCC2)c2ccccc2oc1=O)c1ccc(N=Cc2ccc(Br)cc2)cc1. The fourth-order valence-electron chi connectivity index (χ4n) is 4.30. The predicted molar refractivity (Wildman–Crippen MR) is 155 cm³/mol. The first-order chi connectivity index (χ1) is 18.1. The van der Waals surface area contributed by atoms with E-state index in [1.165, 1.54) is 0 Å². The molecule has 6 nitrogen and oxygen atoms in total. The largest absolute Gasteiger partial charge is 0.422 e. The van der Waals surface area contributed by atoms with Gasteiger partial charge in [0.1, 0.15) is 5.58 Å². The molecule has 0 N–H and O–H groups in total. The zero-order valence-electron chi connectivity index (χ0n) is 20.4. The van der Waals surface area contributed by atoms with Gasteiger partial charge in [-0.3, -0.25) is 9.98 Å². The number of halogens is 1. The molecule has 0 amide bonds. The number of benzene rings is 3. The zero-order chi connectivity index (χ0) is 25.6. The predicted octanol–water partition coefficient (Wildman–Crippen LogP) is 6.28. The van der Waals surface area contributed by atoms with Crippen molar-refractivity contribution in [2.24, 2.45) is 9.98 Å². The van der Waals surface area contributed by atoms with Gasteiger partial charge in [0, 0.05) is 36.2 Å². The molecule has 186 valence electrons. The van der Waals surface area contributed by atoms with Crippen molar-refractivity contribution in [1.82, 2.24) is 0 Å². The Kier molecular flexibility index (Phi) is 7.73. The number of ether oxygens (including phenoxy) is 1. The fourth-order valence-corrected chi connectivity index (χ4v) is 4.57. The topological polar surface area (TPSA) is 67.4 Å². The van der Waals surface area contributed by atoms with Crippen LogP contribution in [0, 0.1) is 0 Å². The number of allylic oxidation sites excluding steroid dienone is 1. The van der Waals surface area contributed by atoms with Crippen molar-refractivity contribution in [3.05, 3.63) is 110 Å². The van der Waals surface area contributed by atoms with Gasteiger partial charge in [0.05, 0.1) is 35.9 Å². The number of rotatable bonds is 6. The molecule has 4 aromatic rings. The standard InChI is InChI=1S/C30H26BrN3O3/c1-32-27(22-8-12-24(13-9-22)33-20-21-6-10-23(31)11-7-21)15-14-26-29(34-16-18-36-19-17-34)25-4-2-3-5-28(25)37-30(26)35/h2-15,20H,16-19H2,1H3/b15-14+,32-27?,33-20?. The molecule has 0 unspecified atom stereocenters. The summed E-state index contributed by atoms with van der Waals surface area (Å²) in [6, 6.07) is 23.5. The lowest BCUT2D eigenvalue weighted by atomic mass is 10.1. The number of hydrogen-bond donors (Lipinski definition) is 0.